The molecule has 1 aromatic rings. The Balaban J connectivity index is 1.96. The zero-order valence-corrected chi connectivity index (χ0v) is 11.2. The van der Waals surface area contributed by atoms with Crippen LogP contribution in [0.1, 0.15) is 38.4 Å². The molecule has 1 unspecified atom stereocenters. The Hall–Kier alpha value is -1.36. The van der Waals surface area contributed by atoms with Gasteiger partial charge in [-0.25, -0.2) is 4.98 Å². The van der Waals surface area contributed by atoms with Crippen LogP contribution in [-0.2, 0) is 16.1 Å². The molecule has 1 N–H and O–H groups in total. The highest BCUT2D eigenvalue weighted by Gasteiger charge is 2.26. The molecular weight excluding hydrogens is 230 g/mol. The van der Waals surface area contributed by atoms with Gasteiger partial charge in [-0.2, -0.15) is 0 Å². The third-order valence-electron chi connectivity index (χ3n) is 3.31. The number of carbonyl (C=O) groups excluding carboxylic acids is 1. The van der Waals surface area contributed by atoms with E-state index in [4.69, 9.17) is 4.74 Å². The average Bonchev–Trinajstić information content (AvgIpc) is 3.09. The van der Waals surface area contributed by atoms with Crippen molar-refractivity contribution in [3.05, 3.63) is 18.2 Å². The largest absolute Gasteiger partial charge is 0.468 e. The summed E-state index contributed by atoms with van der Waals surface area (Å²) >= 11 is 0. The van der Waals surface area contributed by atoms with Crippen LogP contribution in [0.4, 0.5) is 0 Å². The Labute approximate surface area is 108 Å². The Morgan fingerprint density at radius 2 is 2.33 bits per heavy atom. The fourth-order valence-corrected chi connectivity index (χ4v) is 2.08. The Bertz CT molecular complexity index is 410. The second kappa shape index (κ2) is 5.52. The molecule has 0 bridgehead atoms. The zero-order chi connectivity index (χ0) is 13.1. The molecular formula is C13H21N3O2. The van der Waals surface area contributed by atoms with E-state index < -0.39 is 0 Å². The molecule has 18 heavy (non-hydrogen) atoms. The number of hydrogen-bond acceptors (Lipinski definition) is 4. The van der Waals surface area contributed by atoms with Crippen LogP contribution in [0.5, 0.6) is 0 Å². The molecule has 5 heteroatoms. The van der Waals surface area contributed by atoms with Crippen molar-refractivity contribution in [3.63, 3.8) is 0 Å². The van der Waals surface area contributed by atoms with Gasteiger partial charge >= 0.3 is 5.97 Å². The standard InChI is InChI=1S/C13H21N3O2/c1-9(2)12(13(17)18-3)15-7-11-6-14-8-16(11)10-4-5-10/h6,8-10,12,15H,4-5,7H2,1-3H3. The number of nitrogens with zero attached hydrogens (tertiary/aromatic N) is 2. The third kappa shape index (κ3) is 2.90. The number of imidazole rings is 1. The maximum absolute atomic E-state index is 11.6. The van der Waals surface area contributed by atoms with Crippen LogP contribution in [-0.4, -0.2) is 28.7 Å². The molecule has 100 valence electrons. The summed E-state index contributed by atoms with van der Waals surface area (Å²) in [6, 6.07) is 0.345. The fraction of sp³-hybridized carbons (Fsp3) is 0.692. The predicted octanol–water partition coefficient (Wildman–Crippen LogP) is 1.51. The predicted molar refractivity (Wildman–Crippen MR) is 68.0 cm³/mol. The highest BCUT2D eigenvalue weighted by atomic mass is 16.5. The van der Waals surface area contributed by atoms with Gasteiger partial charge in [0.15, 0.2) is 0 Å². The van der Waals surface area contributed by atoms with E-state index >= 15 is 0 Å². The molecule has 1 fully saturated rings. The van der Waals surface area contributed by atoms with Gasteiger partial charge in [0.25, 0.3) is 0 Å². The van der Waals surface area contributed by atoms with Gasteiger partial charge in [-0.1, -0.05) is 13.8 Å². The second-order valence-corrected chi connectivity index (χ2v) is 5.15. The van der Waals surface area contributed by atoms with E-state index in [2.05, 4.69) is 14.9 Å². The summed E-state index contributed by atoms with van der Waals surface area (Å²) in [4.78, 5) is 15.8. The minimum atomic E-state index is -0.266. The lowest BCUT2D eigenvalue weighted by molar-refractivity contribution is -0.144. The van der Waals surface area contributed by atoms with Gasteiger partial charge in [0.1, 0.15) is 6.04 Å². The van der Waals surface area contributed by atoms with Crippen LogP contribution in [0.3, 0.4) is 0 Å². The highest BCUT2D eigenvalue weighted by molar-refractivity contribution is 5.75. The van der Waals surface area contributed by atoms with Crippen LogP contribution < -0.4 is 5.32 Å². The normalized spacial score (nSPS) is 16.9. The van der Waals surface area contributed by atoms with E-state index in [1.54, 1.807) is 0 Å². The van der Waals surface area contributed by atoms with Gasteiger partial charge < -0.3 is 9.30 Å². The van der Waals surface area contributed by atoms with Gasteiger partial charge in [-0.3, -0.25) is 10.1 Å². The SMILES string of the molecule is COC(=O)C(NCc1cncn1C1CC1)C(C)C. The van der Waals surface area contributed by atoms with Crippen molar-refractivity contribution < 1.29 is 9.53 Å². The first-order valence-electron chi connectivity index (χ1n) is 6.45. The van der Waals surface area contributed by atoms with Crippen molar-refractivity contribution >= 4 is 5.97 Å². The summed E-state index contributed by atoms with van der Waals surface area (Å²) in [7, 11) is 1.42. The molecule has 1 atom stereocenters. The summed E-state index contributed by atoms with van der Waals surface area (Å²) in [6.45, 7) is 4.66. The summed E-state index contributed by atoms with van der Waals surface area (Å²) in [5.74, 6) is -0.00256. The summed E-state index contributed by atoms with van der Waals surface area (Å²) in [5, 5.41) is 3.26. The molecule has 0 aliphatic heterocycles. The van der Waals surface area contributed by atoms with Crippen molar-refractivity contribution in [3.8, 4) is 0 Å². The molecule has 1 saturated carbocycles. The number of carbonyl (C=O) groups is 1. The molecule has 1 aromatic heterocycles. The first kappa shape index (κ1) is 13.1. The maximum Gasteiger partial charge on any atom is 0.323 e. The monoisotopic (exact) mass is 251 g/mol. The number of rotatable bonds is 6. The number of esters is 1. The molecule has 0 spiro atoms. The lowest BCUT2D eigenvalue weighted by Gasteiger charge is -2.20. The first-order chi connectivity index (χ1) is 8.63. The zero-order valence-electron chi connectivity index (χ0n) is 11.2. The maximum atomic E-state index is 11.6. The summed E-state index contributed by atoms with van der Waals surface area (Å²) < 4.78 is 7.01. The molecule has 1 aliphatic carbocycles. The molecule has 0 saturated heterocycles. The molecule has 0 radical (unpaired) electrons. The minimum absolute atomic E-state index is 0.203. The van der Waals surface area contributed by atoms with Gasteiger partial charge in [-0.05, 0) is 18.8 Å². The number of methoxy groups -OCH3 is 1. The van der Waals surface area contributed by atoms with Crippen molar-refractivity contribution in [2.45, 2.75) is 45.3 Å². The minimum Gasteiger partial charge on any atom is -0.468 e. The fourth-order valence-electron chi connectivity index (χ4n) is 2.08. The third-order valence-corrected chi connectivity index (χ3v) is 3.31. The van der Waals surface area contributed by atoms with Crippen LogP contribution in [0, 0.1) is 5.92 Å². The number of aromatic nitrogens is 2. The lowest BCUT2D eigenvalue weighted by Crippen LogP contribution is -2.41. The van der Waals surface area contributed by atoms with Crippen LogP contribution in [0.15, 0.2) is 12.5 Å². The molecule has 5 nitrogen and oxygen atoms in total. The number of ether oxygens (including phenoxy) is 1. The van der Waals surface area contributed by atoms with Gasteiger partial charge in [-0.15, -0.1) is 0 Å². The van der Waals surface area contributed by atoms with Crippen molar-refractivity contribution in [2.75, 3.05) is 7.11 Å². The molecule has 1 aliphatic rings. The smallest absolute Gasteiger partial charge is 0.323 e. The van der Waals surface area contributed by atoms with E-state index in [1.807, 2.05) is 26.4 Å². The van der Waals surface area contributed by atoms with Gasteiger partial charge in [0.2, 0.25) is 0 Å². The average molecular weight is 251 g/mol. The van der Waals surface area contributed by atoms with E-state index in [0.717, 1.165) is 5.69 Å². The van der Waals surface area contributed by atoms with E-state index in [-0.39, 0.29) is 17.9 Å². The van der Waals surface area contributed by atoms with E-state index in [9.17, 15) is 4.79 Å². The van der Waals surface area contributed by atoms with Crippen molar-refractivity contribution in [2.24, 2.45) is 5.92 Å². The molecule has 1 heterocycles. The number of hydrogen-bond donors (Lipinski definition) is 1. The second-order valence-electron chi connectivity index (χ2n) is 5.15. The Morgan fingerprint density at radius 3 is 2.89 bits per heavy atom. The highest BCUT2D eigenvalue weighted by Crippen LogP contribution is 2.35. The lowest BCUT2D eigenvalue weighted by atomic mass is 10.0. The van der Waals surface area contributed by atoms with Crippen molar-refractivity contribution in [1.82, 2.24) is 14.9 Å². The topological polar surface area (TPSA) is 56.1 Å². The van der Waals surface area contributed by atoms with Crippen LogP contribution in [0.2, 0.25) is 0 Å². The number of nitrogens with one attached hydrogen (secondary N) is 1. The van der Waals surface area contributed by atoms with Crippen LogP contribution in [0.25, 0.3) is 0 Å². The summed E-state index contributed by atoms with van der Waals surface area (Å²) in [5.41, 5.74) is 1.13. The van der Waals surface area contributed by atoms with E-state index in [1.165, 1.54) is 20.0 Å². The Morgan fingerprint density at radius 1 is 1.61 bits per heavy atom. The quantitative estimate of drug-likeness (QED) is 0.779. The van der Waals surface area contributed by atoms with Crippen molar-refractivity contribution in [1.29, 1.82) is 0 Å². The first-order valence-corrected chi connectivity index (χ1v) is 6.45. The Kier molecular flexibility index (Phi) is 4.01. The van der Waals surface area contributed by atoms with Gasteiger partial charge in [0.05, 0.1) is 19.1 Å². The van der Waals surface area contributed by atoms with Gasteiger partial charge in [0, 0.05) is 18.8 Å². The van der Waals surface area contributed by atoms with Crippen LogP contribution >= 0.6 is 0 Å². The molecule has 0 aromatic carbocycles. The molecule has 0 amide bonds. The summed E-state index contributed by atoms with van der Waals surface area (Å²) in [6.07, 6.45) is 6.19. The van der Waals surface area contributed by atoms with E-state index in [0.29, 0.717) is 12.6 Å². The molecule has 2 rings (SSSR count).